The third kappa shape index (κ3) is 4.32. The number of benzene rings is 2. The molecular formula is C18H14F3NO3. The van der Waals surface area contributed by atoms with Gasteiger partial charge in [0, 0.05) is 12.6 Å². The summed E-state index contributed by atoms with van der Waals surface area (Å²) >= 11 is 0. The van der Waals surface area contributed by atoms with E-state index < -0.39 is 17.6 Å². The van der Waals surface area contributed by atoms with E-state index >= 15 is 0 Å². The van der Waals surface area contributed by atoms with Crippen LogP contribution in [0.4, 0.5) is 13.2 Å². The molecule has 0 aliphatic carbocycles. The number of alkyl halides is 3. The molecule has 7 heteroatoms. The smallest absolute Gasteiger partial charge is 0.416 e. The lowest BCUT2D eigenvalue weighted by Crippen LogP contribution is -2.20. The largest absolute Gasteiger partial charge is 0.454 e. The predicted octanol–water partition coefficient (Wildman–Crippen LogP) is 3.76. The standard InChI is InChI=1S/C18H14F3NO3/c19-18(20,21)14-3-1-2-12(8-14)5-7-17(23)22-10-13-4-6-15-16(9-13)25-11-24-15/h1-9H,10-11H2,(H,22,23)/b7-5-. The van der Waals surface area contributed by atoms with E-state index in [1.54, 1.807) is 18.2 Å². The minimum Gasteiger partial charge on any atom is -0.454 e. The molecule has 0 saturated heterocycles. The predicted molar refractivity (Wildman–Crippen MR) is 84.9 cm³/mol. The monoisotopic (exact) mass is 349 g/mol. The Balaban J connectivity index is 1.58. The van der Waals surface area contributed by atoms with Crippen LogP contribution < -0.4 is 14.8 Å². The molecule has 3 rings (SSSR count). The van der Waals surface area contributed by atoms with E-state index in [-0.39, 0.29) is 13.3 Å². The van der Waals surface area contributed by atoms with E-state index in [4.69, 9.17) is 9.47 Å². The van der Waals surface area contributed by atoms with Gasteiger partial charge in [-0.15, -0.1) is 0 Å². The number of carbonyl (C=O) groups excluding carboxylic acids is 1. The number of amides is 1. The van der Waals surface area contributed by atoms with Crippen LogP contribution in [0.25, 0.3) is 6.08 Å². The Labute approximate surface area is 141 Å². The lowest BCUT2D eigenvalue weighted by Gasteiger charge is -2.06. The summed E-state index contributed by atoms with van der Waals surface area (Å²) in [5, 5.41) is 2.66. The van der Waals surface area contributed by atoms with Crippen LogP contribution in [0, 0.1) is 0 Å². The summed E-state index contributed by atoms with van der Waals surface area (Å²) in [6.07, 6.45) is -1.88. The molecule has 0 aromatic heterocycles. The van der Waals surface area contributed by atoms with Crippen molar-refractivity contribution < 1.29 is 27.4 Å². The average molecular weight is 349 g/mol. The zero-order chi connectivity index (χ0) is 17.9. The number of ether oxygens (including phenoxy) is 2. The van der Waals surface area contributed by atoms with E-state index in [9.17, 15) is 18.0 Å². The van der Waals surface area contributed by atoms with Crippen LogP contribution in [0.3, 0.4) is 0 Å². The molecule has 1 aliphatic heterocycles. The second-order valence-corrected chi connectivity index (χ2v) is 5.36. The highest BCUT2D eigenvalue weighted by Crippen LogP contribution is 2.32. The maximum Gasteiger partial charge on any atom is 0.416 e. The van der Waals surface area contributed by atoms with Crippen molar-refractivity contribution >= 4 is 12.0 Å². The van der Waals surface area contributed by atoms with Crippen molar-refractivity contribution in [2.75, 3.05) is 6.79 Å². The lowest BCUT2D eigenvalue weighted by atomic mass is 10.1. The second-order valence-electron chi connectivity index (χ2n) is 5.36. The fraction of sp³-hybridized carbons (Fsp3) is 0.167. The van der Waals surface area contributed by atoms with E-state index in [2.05, 4.69) is 5.32 Å². The molecule has 1 N–H and O–H groups in total. The highest BCUT2D eigenvalue weighted by Gasteiger charge is 2.30. The first-order valence-corrected chi connectivity index (χ1v) is 7.43. The second kappa shape index (κ2) is 6.88. The van der Waals surface area contributed by atoms with Gasteiger partial charge in [-0.3, -0.25) is 4.79 Å². The molecule has 4 nitrogen and oxygen atoms in total. The molecule has 2 aromatic rings. The number of halogens is 3. The fourth-order valence-corrected chi connectivity index (χ4v) is 2.29. The summed E-state index contributed by atoms with van der Waals surface area (Å²) in [5.74, 6) is 0.862. The van der Waals surface area contributed by atoms with Crippen molar-refractivity contribution in [3.8, 4) is 11.5 Å². The van der Waals surface area contributed by atoms with Crippen molar-refractivity contribution in [2.24, 2.45) is 0 Å². The van der Waals surface area contributed by atoms with Crippen LogP contribution in [-0.4, -0.2) is 12.7 Å². The van der Waals surface area contributed by atoms with E-state index in [1.165, 1.54) is 24.3 Å². The van der Waals surface area contributed by atoms with Crippen LogP contribution in [0.5, 0.6) is 11.5 Å². The highest BCUT2D eigenvalue weighted by molar-refractivity contribution is 5.91. The Hall–Kier alpha value is -2.96. The molecule has 0 atom stereocenters. The molecule has 0 spiro atoms. The average Bonchev–Trinajstić information content (AvgIpc) is 3.05. The molecule has 0 radical (unpaired) electrons. The van der Waals surface area contributed by atoms with Crippen molar-refractivity contribution in [1.82, 2.24) is 5.32 Å². The number of carbonyl (C=O) groups is 1. The Kier molecular flexibility index (Phi) is 4.65. The van der Waals surface area contributed by atoms with Gasteiger partial charge in [0.05, 0.1) is 5.56 Å². The maximum absolute atomic E-state index is 12.6. The molecular weight excluding hydrogens is 335 g/mol. The van der Waals surface area contributed by atoms with Gasteiger partial charge < -0.3 is 14.8 Å². The topological polar surface area (TPSA) is 47.6 Å². The molecule has 1 heterocycles. The van der Waals surface area contributed by atoms with Gasteiger partial charge in [-0.05, 0) is 41.5 Å². The SMILES string of the molecule is O=C(/C=C\c1cccc(C(F)(F)F)c1)NCc1ccc2c(c1)OCO2. The van der Waals surface area contributed by atoms with Gasteiger partial charge in [-0.1, -0.05) is 18.2 Å². The molecule has 0 fully saturated rings. The van der Waals surface area contributed by atoms with Gasteiger partial charge >= 0.3 is 6.18 Å². The van der Waals surface area contributed by atoms with Crippen LogP contribution >= 0.6 is 0 Å². The van der Waals surface area contributed by atoms with Crippen LogP contribution in [0.1, 0.15) is 16.7 Å². The third-order valence-electron chi connectivity index (χ3n) is 3.54. The maximum atomic E-state index is 12.6. The van der Waals surface area contributed by atoms with Gasteiger partial charge in [-0.2, -0.15) is 13.2 Å². The van der Waals surface area contributed by atoms with Crippen LogP contribution in [0.15, 0.2) is 48.5 Å². The van der Waals surface area contributed by atoms with Crippen molar-refractivity contribution in [1.29, 1.82) is 0 Å². The molecule has 25 heavy (non-hydrogen) atoms. The van der Waals surface area contributed by atoms with Gasteiger partial charge in [0.15, 0.2) is 11.5 Å². The summed E-state index contributed by atoms with van der Waals surface area (Å²) < 4.78 is 48.4. The number of hydrogen-bond donors (Lipinski definition) is 1. The summed E-state index contributed by atoms with van der Waals surface area (Å²) in [6.45, 7) is 0.438. The van der Waals surface area contributed by atoms with E-state index in [0.717, 1.165) is 17.7 Å². The van der Waals surface area contributed by atoms with Gasteiger partial charge in [-0.25, -0.2) is 0 Å². The number of hydrogen-bond acceptors (Lipinski definition) is 3. The van der Waals surface area contributed by atoms with Crippen LogP contribution in [-0.2, 0) is 17.5 Å². The fourth-order valence-electron chi connectivity index (χ4n) is 2.29. The summed E-state index contributed by atoms with van der Waals surface area (Å²) in [4.78, 5) is 11.8. The quantitative estimate of drug-likeness (QED) is 0.855. The highest BCUT2D eigenvalue weighted by atomic mass is 19.4. The molecule has 0 unspecified atom stereocenters. The minimum atomic E-state index is -4.41. The Morgan fingerprint density at radius 1 is 1.12 bits per heavy atom. The van der Waals surface area contributed by atoms with Gasteiger partial charge in [0.25, 0.3) is 0 Å². The number of nitrogens with one attached hydrogen (secondary N) is 1. The molecule has 0 saturated carbocycles. The first-order valence-electron chi connectivity index (χ1n) is 7.43. The van der Waals surface area contributed by atoms with Crippen molar-refractivity contribution in [2.45, 2.75) is 12.7 Å². The lowest BCUT2D eigenvalue weighted by molar-refractivity contribution is -0.137. The molecule has 2 aromatic carbocycles. The van der Waals surface area contributed by atoms with Crippen molar-refractivity contribution in [3.63, 3.8) is 0 Å². The Morgan fingerprint density at radius 3 is 2.72 bits per heavy atom. The number of fused-ring (bicyclic) bond motifs is 1. The molecule has 130 valence electrons. The van der Waals surface area contributed by atoms with Gasteiger partial charge in [0.2, 0.25) is 12.7 Å². The minimum absolute atomic E-state index is 0.172. The Bertz CT molecular complexity index is 815. The van der Waals surface area contributed by atoms with Crippen LogP contribution in [0.2, 0.25) is 0 Å². The molecule has 1 amide bonds. The van der Waals surface area contributed by atoms with E-state index in [1.807, 2.05) is 0 Å². The van der Waals surface area contributed by atoms with Gasteiger partial charge in [0.1, 0.15) is 0 Å². The zero-order valence-electron chi connectivity index (χ0n) is 13.0. The summed E-state index contributed by atoms with van der Waals surface area (Å²) in [6, 6.07) is 10.1. The zero-order valence-corrected chi connectivity index (χ0v) is 13.0. The first kappa shape index (κ1) is 16.9. The normalized spacial score (nSPS) is 13.2. The van der Waals surface area contributed by atoms with E-state index in [0.29, 0.717) is 17.1 Å². The third-order valence-corrected chi connectivity index (χ3v) is 3.54. The number of rotatable bonds is 4. The summed E-state index contributed by atoms with van der Waals surface area (Å²) in [5.41, 5.74) is 0.369. The molecule has 0 bridgehead atoms. The Morgan fingerprint density at radius 2 is 1.92 bits per heavy atom. The summed E-state index contributed by atoms with van der Waals surface area (Å²) in [7, 11) is 0. The first-order chi connectivity index (χ1) is 11.9. The van der Waals surface area contributed by atoms with Crippen molar-refractivity contribution in [3.05, 3.63) is 65.2 Å². The molecule has 1 aliphatic rings.